The Balaban J connectivity index is 1.65. The van der Waals surface area contributed by atoms with Gasteiger partial charge in [-0.2, -0.15) is 10.2 Å². The first-order valence-corrected chi connectivity index (χ1v) is 11.6. The van der Waals surface area contributed by atoms with Crippen molar-refractivity contribution in [2.75, 3.05) is 25.5 Å². The van der Waals surface area contributed by atoms with E-state index >= 15 is 0 Å². The van der Waals surface area contributed by atoms with E-state index in [4.69, 9.17) is 19.8 Å². The summed E-state index contributed by atoms with van der Waals surface area (Å²) in [6.45, 7) is 8.57. The normalized spacial score (nSPS) is 12.9. The highest BCUT2D eigenvalue weighted by atomic mass is 16.5. The summed E-state index contributed by atoms with van der Waals surface area (Å²) in [6.07, 6.45) is 1.79. The van der Waals surface area contributed by atoms with Gasteiger partial charge in [0.15, 0.2) is 17.6 Å². The second kappa shape index (κ2) is 9.34. The Bertz CT molecular complexity index is 1430. The van der Waals surface area contributed by atoms with Crippen molar-refractivity contribution in [2.45, 2.75) is 39.7 Å². The van der Waals surface area contributed by atoms with Crippen molar-refractivity contribution in [3.05, 3.63) is 52.1 Å². The molecule has 1 aromatic heterocycles. The van der Waals surface area contributed by atoms with Crippen molar-refractivity contribution in [1.82, 2.24) is 15.2 Å². The minimum atomic E-state index is -0.347. The van der Waals surface area contributed by atoms with Crippen molar-refractivity contribution in [3.63, 3.8) is 0 Å². The summed E-state index contributed by atoms with van der Waals surface area (Å²) in [5.74, 6) is 0.133. The van der Waals surface area contributed by atoms with Crippen LogP contribution in [0.2, 0.25) is 0 Å². The van der Waals surface area contributed by atoms with E-state index in [1.807, 2.05) is 27.7 Å². The van der Waals surface area contributed by atoms with Crippen molar-refractivity contribution in [2.24, 2.45) is 0 Å². The summed E-state index contributed by atoms with van der Waals surface area (Å²) in [6, 6.07) is 6.91. The number of anilines is 1. The number of benzene rings is 2. The number of amidine groups is 1. The maximum Gasteiger partial charge on any atom is 0.309 e. The number of oxazole rings is 1. The van der Waals surface area contributed by atoms with E-state index in [1.165, 1.54) is 0 Å². The predicted molar refractivity (Wildman–Crippen MR) is 135 cm³/mol. The van der Waals surface area contributed by atoms with Crippen LogP contribution in [0.5, 0.6) is 5.75 Å². The van der Waals surface area contributed by atoms with Crippen LogP contribution in [-0.4, -0.2) is 47.6 Å². The number of nitrogens with zero attached hydrogens (tertiary/aromatic N) is 3. The average molecular weight is 489 g/mol. The minimum absolute atomic E-state index is 0.0248. The first-order valence-electron chi connectivity index (χ1n) is 11.6. The lowest BCUT2D eigenvalue weighted by atomic mass is 9.85. The fourth-order valence-corrected chi connectivity index (χ4v) is 4.27. The number of Topliss-reactive ketones (excluding diaryl/α,β-unsaturated/α-hetero) is 1. The standard InChI is InChI=1S/C26H28N6O4/c1-6-35-21-9-15-11-32(23(28)16(15)10-17(21)24(34)29-5)12-20(33)14-7-18(26(2,3)4)22-19(8-14)31-25(36-22)30-13-27/h7-10,28H,6,11-12H2,1-5H3,(H,29,34)(H,30,31). The molecule has 0 unspecified atom stereocenters. The van der Waals surface area contributed by atoms with Gasteiger partial charge in [-0.3, -0.25) is 15.0 Å². The summed E-state index contributed by atoms with van der Waals surface area (Å²) in [5.41, 5.74) is 3.64. The number of nitrogens with one attached hydrogen (secondary N) is 3. The largest absolute Gasteiger partial charge is 0.493 e. The van der Waals surface area contributed by atoms with Gasteiger partial charge in [-0.25, -0.2) is 5.32 Å². The zero-order valence-corrected chi connectivity index (χ0v) is 20.9. The van der Waals surface area contributed by atoms with Crippen LogP contribution in [0.3, 0.4) is 0 Å². The molecule has 0 spiro atoms. The summed E-state index contributed by atoms with van der Waals surface area (Å²) >= 11 is 0. The van der Waals surface area contributed by atoms with Gasteiger partial charge in [0.05, 0.1) is 18.7 Å². The highest BCUT2D eigenvalue weighted by molar-refractivity contribution is 6.08. The Morgan fingerprint density at radius 2 is 2.03 bits per heavy atom. The highest BCUT2D eigenvalue weighted by Gasteiger charge is 2.30. The van der Waals surface area contributed by atoms with Gasteiger partial charge in [0.1, 0.15) is 17.1 Å². The number of hydrogen-bond donors (Lipinski definition) is 3. The van der Waals surface area contributed by atoms with Crippen LogP contribution < -0.4 is 15.4 Å². The fourth-order valence-electron chi connectivity index (χ4n) is 4.27. The lowest BCUT2D eigenvalue weighted by Crippen LogP contribution is -2.30. The first-order chi connectivity index (χ1) is 17.1. The number of ketones is 1. The molecule has 0 atom stereocenters. The molecule has 0 saturated carbocycles. The van der Waals surface area contributed by atoms with Crippen molar-refractivity contribution >= 4 is 34.6 Å². The van der Waals surface area contributed by atoms with E-state index in [1.54, 1.807) is 42.4 Å². The van der Waals surface area contributed by atoms with Gasteiger partial charge in [-0.15, -0.1) is 0 Å². The molecule has 0 saturated heterocycles. The number of hydrogen-bond acceptors (Lipinski definition) is 8. The number of aromatic nitrogens is 1. The van der Waals surface area contributed by atoms with Crippen LogP contribution in [0, 0.1) is 16.9 Å². The molecule has 0 radical (unpaired) electrons. The molecule has 0 fully saturated rings. The predicted octanol–water partition coefficient (Wildman–Crippen LogP) is 3.80. The van der Waals surface area contributed by atoms with Crippen LogP contribution in [-0.2, 0) is 12.0 Å². The third-order valence-corrected chi connectivity index (χ3v) is 6.03. The number of amides is 1. The van der Waals surface area contributed by atoms with Gasteiger partial charge in [-0.05, 0) is 42.2 Å². The van der Waals surface area contributed by atoms with Crippen LogP contribution >= 0.6 is 0 Å². The zero-order chi connectivity index (χ0) is 26.2. The van der Waals surface area contributed by atoms with Gasteiger partial charge < -0.3 is 19.4 Å². The van der Waals surface area contributed by atoms with Crippen LogP contribution in [0.15, 0.2) is 28.7 Å². The third-order valence-electron chi connectivity index (χ3n) is 6.03. The Morgan fingerprint density at radius 3 is 2.67 bits per heavy atom. The molecule has 186 valence electrons. The van der Waals surface area contributed by atoms with Gasteiger partial charge in [0.25, 0.3) is 5.91 Å². The molecule has 1 amide bonds. The van der Waals surface area contributed by atoms with Gasteiger partial charge in [0.2, 0.25) is 0 Å². The Hall–Kier alpha value is -4.39. The lowest BCUT2D eigenvalue weighted by Gasteiger charge is -2.21. The Morgan fingerprint density at radius 1 is 1.28 bits per heavy atom. The molecule has 10 nitrogen and oxygen atoms in total. The van der Waals surface area contributed by atoms with Crippen molar-refractivity contribution in [3.8, 4) is 11.9 Å². The number of rotatable bonds is 7. The Kier molecular flexibility index (Phi) is 6.41. The maximum atomic E-state index is 13.4. The van der Waals surface area contributed by atoms with E-state index in [0.29, 0.717) is 46.7 Å². The monoisotopic (exact) mass is 488 g/mol. The average Bonchev–Trinajstić information content (AvgIpc) is 3.37. The van der Waals surface area contributed by atoms with E-state index in [2.05, 4.69) is 15.6 Å². The second-order valence-electron chi connectivity index (χ2n) is 9.52. The van der Waals surface area contributed by atoms with Gasteiger partial charge in [-0.1, -0.05) is 20.8 Å². The smallest absolute Gasteiger partial charge is 0.309 e. The van der Waals surface area contributed by atoms with E-state index in [-0.39, 0.29) is 35.5 Å². The molecule has 2 heterocycles. The Labute approximate surface area is 208 Å². The second-order valence-corrected chi connectivity index (χ2v) is 9.52. The van der Waals surface area contributed by atoms with Crippen molar-refractivity contribution in [1.29, 1.82) is 10.7 Å². The molecule has 0 bridgehead atoms. The molecule has 4 rings (SSSR count). The van der Waals surface area contributed by atoms with Crippen LogP contribution in [0.1, 0.15) is 65.1 Å². The van der Waals surface area contributed by atoms with Crippen molar-refractivity contribution < 1.29 is 18.7 Å². The molecular weight excluding hydrogens is 460 g/mol. The lowest BCUT2D eigenvalue weighted by molar-refractivity contribution is 0.0953. The van der Waals surface area contributed by atoms with Gasteiger partial charge in [0, 0.05) is 30.3 Å². The maximum absolute atomic E-state index is 13.4. The molecular formula is C26H28N6O4. The summed E-state index contributed by atoms with van der Waals surface area (Å²) < 4.78 is 11.4. The van der Waals surface area contributed by atoms with E-state index in [0.717, 1.165) is 11.1 Å². The molecule has 2 aromatic carbocycles. The SMILES string of the molecule is CCOc1cc2c(cc1C(=O)NC)C(=N)N(CC(=O)c1cc(C(C)(C)C)c3oc(NC#N)nc3c1)C2. The topological polar surface area (TPSA) is 144 Å². The number of carbonyl (C=O) groups excluding carboxylic acids is 2. The number of fused-ring (bicyclic) bond motifs is 2. The summed E-state index contributed by atoms with van der Waals surface area (Å²) in [5, 5.41) is 22.6. The third kappa shape index (κ3) is 4.47. The highest BCUT2D eigenvalue weighted by Crippen LogP contribution is 2.34. The molecule has 10 heteroatoms. The number of carbonyl (C=O) groups is 2. The minimum Gasteiger partial charge on any atom is -0.493 e. The molecule has 1 aliphatic heterocycles. The van der Waals surface area contributed by atoms with Crippen LogP contribution in [0.25, 0.3) is 11.1 Å². The number of nitriles is 1. The quantitative estimate of drug-likeness (QED) is 0.259. The molecule has 3 N–H and O–H groups in total. The summed E-state index contributed by atoms with van der Waals surface area (Å²) in [7, 11) is 1.54. The van der Waals surface area contributed by atoms with E-state index < -0.39 is 0 Å². The van der Waals surface area contributed by atoms with Gasteiger partial charge >= 0.3 is 6.01 Å². The van der Waals surface area contributed by atoms with Crippen LogP contribution in [0.4, 0.5) is 6.01 Å². The molecule has 3 aromatic rings. The van der Waals surface area contributed by atoms with E-state index in [9.17, 15) is 9.59 Å². The molecule has 1 aliphatic rings. The zero-order valence-electron chi connectivity index (χ0n) is 20.9. The summed E-state index contributed by atoms with van der Waals surface area (Å²) in [4.78, 5) is 31.7. The molecule has 36 heavy (non-hydrogen) atoms. The number of ether oxygens (including phenoxy) is 1. The fraction of sp³-hybridized carbons (Fsp3) is 0.346. The molecule has 0 aliphatic carbocycles. The first kappa shape index (κ1) is 24.7.